The average Bonchev–Trinajstić information content (AvgIpc) is 3.00. The largest absolute Gasteiger partial charge is 0.338 e. The van der Waals surface area contributed by atoms with E-state index in [4.69, 9.17) is 0 Å². The Morgan fingerprint density at radius 3 is 2.67 bits per heavy atom. The molecule has 0 bridgehead atoms. The van der Waals surface area contributed by atoms with Crippen LogP contribution in [0.2, 0.25) is 0 Å². The zero-order chi connectivity index (χ0) is 14.8. The van der Waals surface area contributed by atoms with Gasteiger partial charge in [-0.1, -0.05) is 30.3 Å². The molecule has 21 heavy (non-hydrogen) atoms. The summed E-state index contributed by atoms with van der Waals surface area (Å²) in [6.45, 7) is 3.18. The van der Waals surface area contributed by atoms with Crippen LogP contribution in [0.3, 0.4) is 0 Å². The predicted molar refractivity (Wildman–Crippen MR) is 80.8 cm³/mol. The molecule has 1 unspecified atom stereocenters. The highest BCUT2D eigenvalue weighted by Crippen LogP contribution is 2.28. The molecule has 1 atom stereocenters. The molecule has 2 nitrogen and oxygen atoms in total. The zero-order valence-electron chi connectivity index (χ0n) is 12.1. The fraction of sp³-hybridized carbons (Fsp3) is 0.278. The summed E-state index contributed by atoms with van der Waals surface area (Å²) in [7, 11) is 0. The van der Waals surface area contributed by atoms with Crippen molar-refractivity contribution in [3.63, 3.8) is 0 Å². The molecular formula is C18H18FNO. The Hall–Kier alpha value is -2.16. The maximum atomic E-state index is 13.3. The minimum atomic E-state index is -0.268. The van der Waals surface area contributed by atoms with E-state index in [1.54, 1.807) is 19.1 Å². The third-order valence-electron chi connectivity index (χ3n) is 4.15. The fourth-order valence-electron chi connectivity index (χ4n) is 2.90. The Labute approximate surface area is 124 Å². The molecule has 1 saturated heterocycles. The van der Waals surface area contributed by atoms with Gasteiger partial charge in [0.15, 0.2) is 0 Å². The number of carbonyl (C=O) groups is 1. The number of benzene rings is 2. The van der Waals surface area contributed by atoms with Crippen LogP contribution in [0.1, 0.15) is 33.8 Å². The van der Waals surface area contributed by atoms with Gasteiger partial charge in [-0.25, -0.2) is 4.39 Å². The van der Waals surface area contributed by atoms with Gasteiger partial charge >= 0.3 is 0 Å². The maximum Gasteiger partial charge on any atom is 0.253 e. The van der Waals surface area contributed by atoms with Crippen LogP contribution in [0.5, 0.6) is 0 Å². The van der Waals surface area contributed by atoms with E-state index in [0.717, 1.165) is 19.5 Å². The Morgan fingerprint density at radius 1 is 1.19 bits per heavy atom. The number of rotatable bonds is 2. The second-order valence-electron chi connectivity index (χ2n) is 5.61. The van der Waals surface area contributed by atoms with Crippen molar-refractivity contribution in [1.82, 2.24) is 4.90 Å². The first-order chi connectivity index (χ1) is 10.1. The molecule has 2 aromatic rings. The number of hydrogen-bond acceptors (Lipinski definition) is 1. The first kappa shape index (κ1) is 13.8. The summed E-state index contributed by atoms with van der Waals surface area (Å²) in [6, 6.07) is 14.9. The van der Waals surface area contributed by atoms with Crippen molar-refractivity contribution < 1.29 is 9.18 Å². The Bertz CT molecular complexity index is 654. The van der Waals surface area contributed by atoms with Crippen LogP contribution in [0.25, 0.3) is 0 Å². The van der Waals surface area contributed by atoms with Gasteiger partial charge in [0.25, 0.3) is 5.91 Å². The van der Waals surface area contributed by atoms with Crippen LogP contribution in [-0.4, -0.2) is 23.9 Å². The molecule has 0 spiro atoms. The molecule has 1 heterocycles. The van der Waals surface area contributed by atoms with E-state index < -0.39 is 0 Å². The predicted octanol–water partition coefficient (Wildman–Crippen LogP) is 3.76. The molecule has 0 aliphatic carbocycles. The quantitative estimate of drug-likeness (QED) is 0.821. The van der Waals surface area contributed by atoms with Crippen molar-refractivity contribution in [2.24, 2.45) is 0 Å². The molecule has 1 amide bonds. The number of nitrogens with zero attached hydrogens (tertiary/aromatic N) is 1. The molecule has 3 heteroatoms. The summed E-state index contributed by atoms with van der Waals surface area (Å²) < 4.78 is 13.3. The minimum absolute atomic E-state index is 0.00321. The van der Waals surface area contributed by atoms with E-state index in [2.05, 4.69) is 12.1 Å². The summed E-state index contributed by atoms with van der Waals surface area (Å²) in [5, 5.41) is 0. The van der Waals surface area contributed by atoms with E-state index in [-0.39, 0.29) is 11.7 Å². The number of amides is 1. The summed E-state index contributed by atoms with van der Waals surface area (Å²) in [5.74, 6) is 0.128. The van der Waals surface area contributed by atoms with Gasteiger partial charge in [0, 0.05) is 24.6 Å². The van der Waals surface area contributed by atoms with Crippen LogP contribution >= 0.6 is 0 Å². The first-order valence-corrected chi connectivity index (χ1v) is 7.25. The lowest BCUT2D eigenvalue weighted by atomic mass is 9.99. The average molecular weight is 283 g/mol. The highest BCUT2D eigenvalue weighted by molar-refractivity contribution is 5.94. The number of halogens is 1. The van der Waals surface area contributed by atoms with E-state index in [9.17, 15) is 9.18 Å². The van der Waals surface area contributed by atoms with Gasteiger partial charge in [0.1, 0.15) is 5.82 Å². The summed E-state index contributed by atoms with van der Waals surface area (Å²) >= 11 is 0. The molecule has 0 aromatic heterocycles. The molecule has 0 saturated carbocycles. The van der Waals surface area contributed by atoms with Gasteiger partial charge < -0.3 is 4.90 Å². The van der Waals surface area contributed by atoms with E-state index >= 15 is 0 Å². The van der Waals surface area contributed by atoms with Gasteiger partial charge in [-0.3, -0.25) is 4.79 Å². The molecule has 1 fully saturated rings. The molecule has 0 N–H and O–H groups in total. The lowest BCUT2D eigenvalue weighted by Gasteiger charge is -2.17. The molecule has 108 valence electrons. The highest BCUT2D eigenvalue weighted by Gasteiger charge is 2.27. The smallest absolute Gasteiger partial charge is 0.253 e. The molecule has 2 aromatic carbocycles. The van der Waals surface area contributed by atoms with E-state index in [0.29, 0.717) is 17.0 Å². The summed E-state index contributed by atoms with van der Waals surface area (Å²) in [6.07, 6.45) is 0.982. The van der Waals surface area contributed by atoms with Gasteiger partial charge in [-0.2, -0.15) is 0 Å². The summed E-state index contributed by atoms with van der Waals surface area (Å²) in [4.78, 5) is 14.4. The minimum Gasteiger partial charge on any atom is -0.338 e. The van der Waals surface area contributed by atoms with Gasteiger partial charge in [-0.05, 0) is 42.7 Å². The highest BCUT2D eigenvalue weighted by atomic mass is 19.1. The first-order valence-electron chi connectivity index (χ1n) is 7.25. The van der Waals surface area contributed by atoms with Crippen LogP contribution in [0.15, 0.2) is 48.5 Å². The third kappa shape index (κ3) is 2.82. The number of hydrogen-bond donors (Lipinski definition) is 0. The topological polar surface area (TPSA) is 20.3 Å². The van der Waals surface area contributed by atoms with Crippen molar-refractivity contribution in [3.8, 4) is 0 Å². The SMILES string of the molecule is Cc1cc(C(=O)N2CCC(c3ccccc3)C2)ccc1F. The van der Waals surface area contributed by atoms with Gasteiger partial charge in [-0.15, -0.1) is 0 Å². The van der Waals surface area contributed by atoms with Crippen LogP contribution in [-0.2, 0) is 0 Å². The monoisotopic (exact) mass is 283 g/mol. The van der Waals surface area contributed by atoms with Crippen molar-refractivity contribution in [3.05, 3.63) is 71.0 Å². The Kier molecular flexibility index (Phi) is 3.74. The van der Waals surface area contributed by atoms with E-state index in [1.807, 2.05) is 23.1 Å². The maximum absolute atomic E-state index is 13.3. The second-order valence-corrected chi connectivity index (χ2v) is 5.61. The molecular weight excluding hydrogens is 265 g/mol. The standard InChI is InChI=1S/C18H18FNO/c1-13-11-15(7-8-17(13)19)18(21)20-10-9-16(12-20)14-5-3-2-4-6-14/h2-8,11,16H,9-10,12H2,1H3. The lowest BCUT2D eigenvalue weighted by molar-refractivity contribution is 0.0790. The van der Waals surface area contributed by atoms with Crippen molar-refractivity contribution in [1.29, 1.82) is 0 Å². The number of likely N-dealkylation sites (tertiary alicyclic amines) is 1. The Morgan fingerprint density at radius 2 is 1.95 bits per heavy atom. The molecule has 1 aliphatic rings. The number of carbonyl (C=O) groups excluding carboxylic acids is 1. The van der Waals surface area contributed by atoms with Crippen molar-refractivity contribution >= 4 is 5.91 Å². The molecule has 3 rings (SSSR count). The summed E-state index contributed by atoms with van der Waals surface area (Å²) in [5.41, 5.74) is 2.37. The second kappa shape index (κ2) is 5.68. The van der Waals surface area contributed by atoms with Crippen molar-refractivity contribution in [2.75, 3.05) is 13.1 Å². The van der Waals surface area contributed by atoms with Gasteiger partial charge in [0.2, 0.25) is 0 Å². The van der Waals surface area contributed by atoms with E-state index in [1.165, 1.54) is 11.6 Å². The van der Waals surface area contributed by atoms with Gasteiger partial charge in [0.05, 0.1) is 0 Å². The zero-order valence-corrected chi connectivity index (χ0v) is 12.1. The van der Waals surface area contributed by atoms with Crippen LogP contribution < -0.4 is 0 Å². The van der Waals surface area contributed by atoms with Crippen LogP contribution in [0.4, 0.5) is 4.39 Å². The lowest BCUT2D eigenvalue weighted by Crippen LogP contribution is -2.28. The third-order valence-corrected chi connectivity index (χ3v) is 4.15. The Balaban J connectivity index is 1.74. The fourth-order valence-corrected chi connectivity index (χ4v) is 2.90. The van der Waals surface area contributed by atoms with Crippen LogP contribution in [0, 0.1) is 12.7 Å². The molecule has 0 radical (unpaired) electrons. The molecule has 1 aliphatic heterocycles. The number of aryl methyl sites for hydroxylation is 1. The van der Waals surface area contributed by atoms with Crippen molar-refractivity contribution in [2.45, 2.75) is 19.3 Å². The normalized spacial score (nSPS) is 18.0.